The molecule has 0 bridgehead atoms. The van der Waals surface area contributed by atoms with Gasteiger partial charge in [-0.1, -0.05) is 121 Å². The molecule has 0 spiro atoms. The zero-order chi connectivity index (χ0) is 34.5. The molecule has 3 atom stereocenters. The zero-order valence-electron chi connectivity index (χ0n) is 27.4. The Labute approximate surface area is 296 Å². The number of aliphatic imine (C=N–C) groups is 1. The van der Waals surface area contributed by atoms with Crippen molar-refractivity contribution in [2.45, 2.75) is 37.4 Å². The van der Waals surface area contributed by atoms with Gasteiger partial charge in [0.15, 0.2) is 6.04 Å². The minimum atomic E-state index is -1.23. The van der Waals surface area contributed by atoms with E-state index in [4.69, 9.17) is 16.6 Å². The van der Waals surface area contributed by atoms with Crippen molar-refractivity contribution in [2.24, 2.45) is 4.99 Å². The molecule has 0 saturated carbocycles. The van der Waals surface area contributed by atoms with E-state index >= 15 is 0 Å². The second kappa shape index (κ2) is 14.9. The van der Waals surface area contributed by atoms with Crippen LogP contribution in [-0.4, -0.2) is 51.2 Å². The number of nitrogens with zero attached hydrogens (tertiary/aromatic N) is 2. The summed E-state index contributed by atoms with van der Waals surface area (Å²) in [6.45, 7) is 1.53. The van der Waals surface area contributed by atoms with Gasteiger partial charge in [0, 0.05) is 45.7 Å². The molecule has 0 aliphatic carbocycles. The summed E-state index contributed by atoms with van der Waals surface area (Å²) in [6.07, 6.45) is 3.56. The molecule has 1 saturated heterocycles. The van der Waals surface area contributed by atoms with Gasteiger partial charge in [-0.3, -0.25) is 14.7 Å². The summed E-state index contributed by atoms with van der Waals surface area (Å²) < 4.78 is 0. The van der Waals surface area contributed by atoms with Gasteiger partial charge in [0.2, 0.25) is 5.91 Å². The predicted molar refractivity (Wildman–Crippen MR) is 200 cm³/mol. The molecule has 7 nitrogen and oxygen atoms in total. The fraction of sp³-hybridized carbons (Fsp3) is 0.167. The number of carboxylic acids is 1. The van der Waals surface area contributed by atoms with Crippen molar-refractivity contribution in [1.82, 2.24) is 9.88 Å². The maximum atomic E-state index is 14.0. The molecule has 6 aromatic rings. The van der Waals surface area contributed by atoms with E-state index < -0.39 is 17.9 Å². The van der Waals surface area contributed by atoms with Gasteiger partial charge in [0.25, 0.3) is 0 Å². The highest BCUT2D eigenvalue weighted by molar-refractivity contribution is 6.30. The van der Waals surface area contributed by atoms with Crippen molar-refractivity contribution in [1.29, 1.82) is 0 Å². The lowest BCUT2D eigenvalue weighted by molar-refractivity contribution is -0.138. The summed E-state index contributed by atoms with van der Waals surface area (Å²) in [7, 11) is 0. The van der Waals surface area contributed by atoms with E-state index in [-0.39, 0.29) is 11.9 Å². The average Bonchev–Trinajstić information content (AvgIpc) is 3.79. The van der Waals surface area contributed by atoms with E-state index in [9.17, 15) is 14.7 Å². The predicted octanol–water partition coefficient (Wildman–Crippen LogP) is 8.55. The first-order chi connectivity index (χ1) is 24.5. The smallest absolute Gasteiger partial charge is 0.329 e. The van der Waals surface area contributed by atoms with Gasteiger partial charge in [0.1, 0.15) is 0 Å². The molecule has 1 fully saturated rings. The van der Waals surface area contributed by atoms with Crippen LogP contribution in [0.25, 0.3) is 10.9 Å². The number of amides is 1. The third-order valence-electron chi connectivity index (χ3n) is 9.40. The Hall–Kier alpha value is -5.50. The number of carbonyl (C=O) groups excluding carboxylic acids is 1. The molecular weight excluding hydrogens is 644 g/mol. The average molecular weight is 681 g/mol. The van der Waals surface area contributed by atoms with E-state index in [2.05, 4.69) is 27.3 Å². The third kappa shape index (κ3) is 7.10. The van der Waals surface area contributed by atoms with Crippen LogP contribution < -0.4 is 5.32 Å². The number of hydrogen-bond donors (Lipinski definition) is 3. The molecule has 3 N–H and O–H groups in total. The number of carbonyl (C=O) groups is 2. The number of likely N-dealkylation sites (tertiary alicyclic amines) is 1. The first kappa shape index (κ1) is 33.0. The minimum Gasteiger partial charge on any atom is -0.480 e. The highest BCUT2D eigenvalue weighted by Crippen LogP contribution is 2.37. The first-order valence-corrected chi connectivity index (χ1v) is 17.2. The number of aliphatic carboxylic acids is 1. The van der Waals surface area contributed by atoms with Crippen molar-refractivity contribution in [3.8, 4) is 0 Å². The molecule has 1 aromatic heterocycles. The van der Waals surface area contributed by atoms with Crippen LogP contribution in [0.3, 0.4) is 0 Å². The van der Waals surface area contributed by atoms with E-state index in [0.29, 0.717) is 28.5 Å². The van der Waals surface area contributed by atoms with Crippen LogP contribution in [0.1, 0.15) is 46.6 Å². The van der Waals surface area contributed by atoms with Gasteiger partial charge in [-0.15, -0.1) is 0 Å². The fourth-order valence-corrected chi connectivity index (χ4v) is 7.13. The van der Waals surface area contributed by atoms with Crippen molar-refractivity contribution >= 4 is 45.8 Å². The van der Waals surface area contributed by atoms with Crippen molar-refractivity contribution in [3.63, 3.8) is 0 Å². The van der Waals surface area contributed by atoms with Gasteiger partial charge in [-0.05, 0) is 60.3 Å². The van der Waals surface area contributed by atoms with Crippen LogP contribution in [0.4, 0.5) is 5.69 Å². The van der Waals surface area contributed by atoms with E-state index in [1.165, 1.54) is 0 Å². The number of rotatable bonds is 11. The molecule has 8 heteroatoms. The van der Waals surface area contributed by atoms with Gasteiger partial charge in [-0.2, -0.15) is 0 Å². The molecule has 250 valence electrons. The van der Waals surface area contributed by atoms with Crippen LogP contribution in [0.15, 0.2) is 145 Å². The Kier molecular flexibility index (Phi) is 9.87. The first-order valence-electron chi connectivity index (χ1n) is 16.8. The summed E-state index contributed by atoms with van der Waals surface area (Å²) in [5.74, 6) is -1.83. The van der Waals surface area contributed by atoms with Crippen LogP contribution >= 0.6 is 11.6 Å². The second-order valence-corrected chi connectivity index (χ2v) is 13.0. The summed E-state index contributed by atoms with van der Waals surface area (Å²) in [5, 5.41) is 15.6. The number of carboxylic acid groups (broad SMARTS) is 1. The molecule has 7 rings (SSSR count). The van der Waals surface area contributed by atoms with Gasteiger partial charge in [-0.25, -0.2) is 4.79 Å². The lowest BCUT2D eigenvalue weighted by Crippen LogP contribution is -2.39. The Balaban J connectivity index is 1.31. The third-order valence-corrected chi connectivity index (χ3v) is 9.66. The Morgan fingerprint density at radius 3 is 2.30 bits per heavy atom. The number of aromatic amines is 1. The number of hydrogen-bond acceptors (Lipinski definition) is 4. The topological polar surface area (TPSA) is 97.8 Å². The van der Waals surface area contributed by atoms with Gasteiger partial charge < -0.3 is 15.4 Å². The maximum Gasteiger partial charge on any atom is 0.329 e. The van der Waals surface area contributed by atoms with Crippen molar-refractivity contribution in [3.05, 3.63) is 172 Å². The van der Waals surface area contributed by atoms with Crippen molar-refractivity contribution < 1.29 is 14.7 Å². The highest BCUT2D eigenvalue weighted by Gasteiger charge is 2.34. The number of H-pyrrole nitrogens is 1. The largest absolute Gasteiger partial charge is 0.480 e. The van der Waals surface area contributed by atoms with Crippen molar-refractivity contribution in [2.75, 3.05) is 11.9 Å². The van der Waals surface area contributed by atoms with Crippen LogP contribution in [0, 0.1) is 0 Å². The zero-order valence-corrected chi connectivity index (χ0v) is 28.1. The van der Waals surface area contributed by atoms with Crippen LogP contribution in [0.2, 0.25) is 5.02 Å². The van der Waals surface area contributed by atoms with Gasteiger partial charge in [0.05, 0.1) is 17.4 Å². The Morgan fingerprint density at radius 2 is 1.54 bits per heavy atom. The number of anilines is 1. The summed E-state index contributed by atoms with van der Waals surface area (Å²) in [6, 6.07) is 40.8. The second-order valence-electron chi connectivity index (χ2n) is 12.6. The standard InChI is InChI=1S/C42H37ClN4O3/c43-31-23-21-29(22-24-31)38(34-26-44-35-18-9-7-16-32(34)35)40(42(49)50)46-39(30-14-5-2-6-15-30)33-17-8-10-19-36(33)45-41(48)37-20-11-25-47(37)27-28-12-3-1-4-13-28/h1-10,12-19,21-24,26,37-38,40,44H,11,20,25,27H2,(H,45,48)(H,49,50)/t37-,38+,40-/m0/s1. The number of fused-ring (bicyclic) bond motifs is 1. The molecule has 50 heavy (non-hydrogen) atoms. The molecule has 0 unspecified atom stereocenters. The number of para-hydroxylation sites is 2. The van der Waals surface area contributed by atoms with Crippen LogP contribution in [-0.2, 0) is 16.1 Å². The Bertz CT molecular complexity index is 2130. The molecule has 5 aromatic carbocycles. The Morgan fingerprint density at radius 1 is 0.860 bits per heavy atom. The number of aromatic nitrogens is 1. The monoisotopic (exact) mass is 680 g/mol. The lowest BCUT2D eigenvalue weighted by Gasteiger charge is -2.25. The summed E-state index contributed by atoms with van der Waals surface area (Å²) >= 11 is 6.29. The number of nitrogens with one attached hydrogen (secondary N) is 2. The number of benzene rings is 5. The van der Waals surface area contributed by atoms with E-state index in [0.717, 1.165) is 52.5 Å². The normalized spacial score (nSPS) is 16.3. The molecule has 1 aliphatic rings. The molecule has 2 heterocycles. The van der Waals surface area contributed by atoms with Crippen LogP contribution in [0.5, 0.6) is 0 Å². The summed E-state index contributed by atoms with van der Waals surface area (Å²) in [5.41, 5.74) is 6.07. The summed E-state index contributed by atoms with van der Waals surface area (Å²) in [4.78, 5) is 38.0. The van der Waals surface area contributed by atoms with E-state index in [1.807, 2.05) is 115 Å². The number of halogens is 1. The quantitative estimate of drug-likeness (QED) is 0.120. The molecular formula is C42H37ClN4O3. The van der Waals surface area contributed by atoms with Gasteiger partial charge >= 0.3 is 5.97 Å². The van der Waals surface area contributed by atoms with E-state index in [1.54, 1.807) is 12.1 Å². The molecule has 0 radical (unpaired) electrons. The highest BCUT2D eigenvalue weighted by atomic mass is 35.5. The molecule has 1 amide bonds. The SMILES string of the molecule is O=C(O)[C@@H](N=C(c1ccccc1)c1ccccc1NC(=O)[C@@H]1CCCN1Cc1ccccc1)[C@H](c1ccc(Cl)cc1)c1c[nH]c2ccccc12. The maximum absolute atomic E-state index is 14.0. The fourth-order valence-electron chi connectivity index (χ4n) is 7.01. The molecule has 1 aliphatic heterocycles. The minimum absolute atomic E-state index is 0.0917. The lowest BCUT2D eigenvalue weighted by atomic mass is 9.84.